The molecule has 2 atom stereocenters. The van der Waals surface area contributed by atoms with Crippen molar-refractivity contribution in [3.8, 4) is 0 Å². The van der Waals surface area contributed by atoms with Crippen molar-refractivity contribution in [3.05, 3.63) is 0 Å². The number of hydrogen-bond acceptors (Lipinski definition) is 1. The summed E-state index contributed by atoms with van der Waals surface area (Å²) in [6, 6.07) is 0. The average molecular weight is 153 g/mol. The molecule has 1 saturated heterocycles. The average Bonchev–Trinajstić information content (AvgIpc) is 2.31. The Bertz CT molecular complexity index is 160. The van der Waals surface area contributed by atoms with Crippen LogP contribution in [0.1, 0.15) is 33.6 Å². The van der Waals surface area contributed by atoms with Crippen LogP contribution in [0.3, 0.4) is 0 Å². The molecular formula is C10H19N. The summed E-state index contributed by atoms with van der Waals surface area (Å²) in [5.41, 5.74) is 1.28. The molecule has 2 rings (SSSR count). The van der Waals surface area contributed by atoms with Gasteiger partial charge in [0.25, 0.3) is 0 Å². The molecule has 0 aromatic carbocycles. The second kappa shape index (κ2) is 2.01. The van der Waals surface area contributed by atoms with Crippen molar-refractivity contribution in [3.63, 3.8) is 0 Å². The summed E-state index contributed by atoms with van der Waals surface area (Å²) in [5.74, 6) is 0.991. The Balaban J connectivity index is 2.03. The van der Waals surface area contributed by atoms with Crippen LogP contribution in [0.2, 0.25) is 0 Å². The van der Waals surface area contributed by atoms with Gasteiger partial charge in [-0.05, 0) is 36.1 Å². The van der Waals surface area contributed by atoms with Crippen molar-refractivity contribution in [1.29, 1.82) is 0 Å². The van der Waals surface area contributed by atoms with Gasteiger partial charge in [0.1, 0.15) is 0 Å². The highest BCUT2D eigenvalue weighted by atomic mass is 15.0. The van der Waals surface area contributed by atoms with Gasteiger partial charge in [-0.15, -0.1) is 0 Å². The molecule has 1 heterocycles. The smallest absolute Gasteiger partial charge is 0.00113 e. The van der Waals surface area contributed by atoms with E-state index >= 15 is 0 Å². The zero-order chi connectivity index (χ0) is 8.11. The van der Waals surface area contributed by atoms with Crippen LogP contribution in [0, 0.1) is 16.7 Å². The summed E-state index contributed by atoms with van der Waals surface area (Å²) < 4.78 is 0. The molecule has 0 aromatic heterocycles. The third-order valence-corrected chi connectivity index (χ3v) is 3.51. The van der Waals surface area contributed by atoms with Gasteiger partial charge in [-0.3, -0.25) is 0 Å². The molecule has 0 amide bonds. The highest BCUT2D eigenvalue weighted by Gasteiger charge is 2.59. The van der Waals surface area contributed by atoms with E-state index in [1.54, 1.807) is 0 Å². The van der Waals surface area contributed by atoms with Crippen LogP contribution in [0.5, 0.6) is 0 Å². The Kier molecular flexibility index (Phi) is 1.39. The molecule has 1 aliphatic heterocycles. The van der Waals surface area contributed by atoms with E-state index in [9.17, 15) is 0 Å². The van der Waals surface area contributed by atoms with E-state index in [2.05, 4.69) is 26.1 Å². The number of hydrogen-bond donors (Lipinski definition) is 1. The van der Waals surface area contributed by atoms with E-state index in [1.165, 1.54) is 25.9 Å². The monoisotopic (exact) mass is 153 g/mol. The molecule has 0 radical (unpaired) electrons. The number of rotatable bonds is 0. The second-order valence-electron chi connectivity index (χ2n) is 5.41. The van der Waals surface area contributed by atoms with Gasteiger partial charge < -0.3 is 5.32 Å². The first-order valence-electron chi connectivity index (χ1n) is 4.75. The Morgan fingerprint density at radius 3 is 2.45 bits per heavy atom. The Labute approximate surface area is 69.6 Å². The maximum Gasteiger partial charge on any atom is 0.00113 e. The van der Waals surface area contributed by atoms with Gasteiger partial charge in [0, 0.05) is 6.54 Å². The molecule has 2 fully saturated rings. The molecule has 1 N–H and O–H groups in total. The summed E-state index contributed by atoms with van der Waals surface area (Å²) in [7, 11) is 0. The lowest BCUT2D eigenvalue weighted by Crippen LogP contribution is -2.18. The first-order valence-corrected chi connectivity index (χ1v) is 4.75. The van der Waals surface area contributed by atoms with Gasteiger partial charge in [-0.25, -0.2) is 0 Å². The van der Waals surface area contributed by atoms with Gasteiger partial charge >= 0.3 is 0 Å². The molecule has 11 heavy (non-hydrogen) atoms. The summed E-state index contributed by atoms with van der Waals surface area (Å²) in [4.78, 5) is 0. The van der Waals surface area contributed by atoms with E-state index < -0.39 is 0 Å². The van der Waals surface area contributed by atoms with E-state index in [0.29, 0.717) is 5.41 Å². The fourth-order valence-electron chi connectivity index (χ4n) is 2.81. The van der Waals surface area contributed by atoms with Gasteiger partial charge in [0.15, 0.2) is 0 Å². The van der Waals surface area contributed by atoms with Crippen LogP contribution in [0.25, 0.3) is 0 Å². The normalized spacial score (nSPS) is 43.4. The molecular weight excluding hydrogens is 134 g/mol. The molecule has 64 valence electrons. The standard InChI is InChI=1S/C10H19N/c1-9(2,3)8-6-10(8)4-5-11-7-10/h8,11H,4-7H2,1-3H3. The van der Waals surface area contributed by atoms with Crippen LogP contribution in [-0.4, -0.2) is 13.1 Å². The molecule has 2 aliphatic rings. The molecule has 1 saturated carbocycles. The van der Waals surface area contributed by atoms with Gasteiger partial charge in [-0.2, -0.15) is 0 Å². The topological polar surface area (TPSA) is 12.0 Å². The predicted molar refractivity (Wildman–Crippen MR) is 47.5 cm³/mol. The predicted octanol–water partition coefficient (Wildman–Crippen LogP) is 2.03. The maximum atomic E-state index is 3.48. The zero-order valence-electron chi connectivity index (χ0n) is 7.91. The zero-order valence-corrected chi connectivity index (χ0v) is 7.91. The largest absolute Gasteiger partial charge is 0.316 e. The highest BCUT2D eigenvalue weighted by Crippen LogP contribution is 2.63. The molecule has 1 nitrogen and oxygen atoms in total. The quantitative estimate of drug-likeness (QED) is 0.561. The van der Waals surface area contributed by atoms with Gasteiger partial charge in [0.2, 0.25) is 0 Å². The summed E-state index contributed by atoms with van der Waals surface area (Å²) in [6.45, 7) is 9.68. The van der Waals surface area contributed by atoms with Crippen molar-refractivity contribution in [2.45, 2.75) is 33.6 Å². The lowest BCUT2D eigenvalue weighted by molar-refractivity contribution is 0.289. The van der Waals surface area contributed by atoms with Crippen LogP contribution in [0.15, 0.2) is 0 Å². The first kappa shape index (κ1) is 7.60. The summed E-state index contributed by atoms with van der Waals surface area (Å²) >= 11 is 0. The third kappa shape index (κ3) is 1.10. The Hall–Kier alpha value is -0.0400. The summed E-state index contributed by atoms with van der Waals surface area (Å²) in [6.07, 6.45) is 2.90. The Morgan fingerprint density at radius 1 is 1.36 bits per heavy atom. The Morgan fingerprint density at radius 2 is 2.09 bits per heavy atom. The van der Waals surface area contributed by atoms with Gasteiger partial charge in [-0.1, -0.05) is 20.8 Å². The van der Waals surface area contributed by atoms with Crippen LogP contribution >= 0.6 is 0 Å². The van der Waals surface area contributed by atoms with Crippen molar-refractivity contribution in [1.82, 2.24) is 5.32 Å². The van der Waals surface area contributed by atoms with Crippen molar-refractivity contribution >= 4 is 0 Å². The molecule has 0 aromatic rings. The van der Waals surface area contributed by atoms with E-state index in [1.807, 2.05) is 0 Å². The molecule has 1 heteroatoms. The van der Waals surface area contributed by atoms with Crippen molar-refractivity contribution < 1.29 is 0 Å². The third-order valence-electron chi connectivity index (χ3n) is 3.51. The molecule has 2 unspecified atom stereocenters. The van der Waals surface area contributed by atoms with Gasteiger partial charge in [0.05, 0.1) is 0 Å². The van der Waals surface area contributed by atoms with Crippen molar-refractivity contribution in [2.75, 3.05) is 13.1 Å². The SMILES string of the molecule is CC(C)(C)C1CC12CCNC2. The van der Waals surface area contributed by atoms with E-state index in [0.717, 1.165) is 11.3 Å². The lowest BCUT2D eigenvalue weighted by Gasteiger charge is -2.21. The number of nitrogens with one attached hydrogen (secondary N) is 1. The van der Waals surface area contributed by atoms with Crippen LogP contribution in [-0.2, 0) is 0 Å². The molecule has 0 bridgehead atoms. The van der Waals surface area contributed by atoms with E-state index in [-0.39, 0.29) is 0 Å². The minimum atomic E-state index is 0.548. The highest BCUT2D eigenvalue weighted by molar-refractivity contribution is 5.10. The maximum absolute atomic E-state index is 3.48. The summed E-state index contributed by atoms with van der Waals surface area (Å²) in [5, 5.41) is 3.48. The minimum Gasteiger partial charge on any atom is -0.316 e. The molecule has 1 spiro atoms. The van der Waals surface area contributed by atoms with E-state index in [4.69, 9.17) is 0 Å². The fraction of sp³-hybridized carbons (Fsp3) is 1.00. The first-order chi connectivity index (χ1) is 5.05. The fourth-order valence-corrected chi connectivity index (χ4v) is 2.81. The second-order valence-corrected chi connectivity index (χ2v) is 5.41. The van der Waals surface area contributed by atoms with Crippen LogP contribution in [0.4, 0.5) is 0 Å². The van der Waals surface area contributed by atoms with Crippen LogP contribution < -0.4 is 5.32 Å². The minimum absolute atomic E-state index is 0.548. The lowest BCUT2D eigenvalue weighted by atomic mass is 9.84. The molecule has 1 aliphatic carbocycles. The van der Waals surface area contributed by atoms with Crippen molar-refractivity contribution in [2.24, 2.45) is 16.7 Å².